The van der Waals surface area contributed by atoms with Gasteiger partial charge in [-0.25, -0.2) is 4.39 Å². The van der Waals surface area contributed by atoms with Crippen LogP contribution in [0.25, 0.3) is 0 Å². The van der Waals surface area contributed by atoms with E-state index in [0.717, 1.165) is 25.7 Å². The lowest BCUT2D eigenvalue weighted by Crippen LogP contribution is -2.41. The summed E-state index contributed by atoms with van der Waals surface area (Å²) >= 11 is 0. The fraction of sp³-hybridized carbons (Fsp3) is 0.467. The maximum atomic E-state index is 13.4. The fourth-order valence-corrected chi connectivity index (χ4v) is 2.42. The van der Waals surface area contributed by atoms with E-state index in [4.69, 9.17) is 0 Å². The maximum Gasteiger partial charge on any atom is 0.313 e. The fourth-order valence-electron chi connectivity index (χ4n) is 2.42. The van der Waals surface area contributed by atoms with Crippen LogP contribution in [0.3, 0.4) is 0 Å². The minimum absolute atomic E-state index is 0.0218. The number of carbonyl (C=O) groups is 2. The SMILES string of the molecule is O=C(Nc1ccccc1F)C(=O)NC1CCCCCC1. The standard InChI is InChI=1S/C15H19FN2O2/c16-12-9-5-6-10-13(12)18-15(20)14(19)17-11-7-3-1-2-4-8-11/h5-6,9-11H,1-4,7-8H2,(H,17,19)(H,18,20). The minimum atomic E-state index is -0.820. The molecule has 2 amide bonds. The van der Waals surface area contributed by atoms with E-state index < -0.39 is 17.6 Å². The Labute approximate surface area is 117 Å². The molecule has 5 heteroatoms. The van der Waals surface area contributed by atoms with E-state index in [0.29, 0.717) is 0 Å². The second kappa shape index (κ2) is 7.03. The third-order valence-electron chi connectivity index (χ3n) is 3.52. The van der Waals surface area contributed by atoms with Crippen LogP contribution in [0.1, 0.15) is 38.5 Å². The van der Waals surface area contributed by atoms with Crippen LogP contribution in [0.15, 0.2) is 24.3 Å². The van der Waals surface area contributed by atoms with Crippen LogP contribution in [-0.2, 0) is 9.59 Å². The van der Waals surface area contributed by atoms with Gasteiger partial charge in [0.1, 0.15) is 5.82 Å². The number of amides is 2. The molecule has 0 spiro atoms. The third-order valence-corrected chi connectivity index (χ3v) is 3.52. The number of para-hydroxylation sites is 1. The molecule has 2 N–H and O–H groups in total. The van der Waals surface area contributed by atoms with Gasteiger partial charge in [0, 0.05) is 6.04 Å². The monoisotopic (exact) mass is 278 g/mol. The Kier molecular flexibility index (Phi) is 5.09. The molecule has 1 aliphatic rings. The van der Waals surface area contributed by atoms with Gasteiger partial charge in [0.2, 0.25) is 0 Å². The number of benzene rings is 1. The van der Waals surface area contributed by atoms with E-state index >= 15 is 0 Å². The van der Waals surface area contributed by atoms with Crippen molar-refractivity contribution < 1.29 is 14.0 Å². The highest BCUT2D eigenvalue weighted by atomic mass is 19.1. The molecule has 4 nitrogen and oxygen atoms in total. The summed E-state index contributed by atoms with van der Waals surface area (Å²) in [5, 5.41) is 5.01. The summed E-state index contributed by atoms with van der Waals surface area (Å²) < 4.78 is 13.4. The van der Waals surface area contributed by atoms with Crippen LogP contribution in [0.5, 0.6) is 0 Å². The van der Waals surface area contributed by atoms with Crippen LogP contribution in [-0.4, -0.2) is 17.9 Å². The van der Waals surface area contributed by atoms with Crippen molar-refractivity contribution in [1.29, 1.82) is 0 Å². The highest BCUT2D eigenvalue weighted by Gasteiger charge is 2.20. The molecule has 0 aliphatic heterocycles. The predicted molar refractivity (Wildman–Crippen MR) is 74.7 cm³/mol. The molecule has 0 saturated heterocycles. The summed E-state index contributed by atoms with van der Waals surface area (Å²) in [6.45, 7) is 0. The second-order valence-corrected chi connectivity index (χ2v) is 5.10. The molecule has 1 aromatic carbocycles. The molecular formula is C15H19FN2O2. The zero-order chi connectivity index (χ0) is 14.4. The normalized spacial score (nSPS) is 16.2. The molecule has 0 bridgehead atoms. The molecule has 0 unspecified atom stereocenters. The van der Waals surface area contributed by atoms with Gasteiger partial charge in [0.25, 0.3) is 0 Å². The van der Waals surface area contributed by atoms with E-state index in [1.807, 2.05) is 0 Å². The number of halogens is 1. The molecule has 108 valence electrons. The largest absolute Gasteiger partial charge is 0.345 e. The Morgan fingerprint density at radius 2 is 1.65 bits per heavy atom. The van der Waals surface area contributed by atoms with E-state index in [-0.39, 0.29) is 11.7 Å². The Bertz CT molecular complexity index is 483. The van der Waals surface area contributed by atoms with Crippen LogP contribution in [0.2, 0.25) is 0 Å². The summed E-state index contributed by atoms with van der Waals surface area (Å²) in [6.07, 6.45) is 6.29. The van der Waals surface area contributed by atoms with E-state index in [9.17, 15) is 14.0 Å². The lowest BCUT2D eigenvalue weighted by molar-refractivity contribution is -0.136. The molecule has 1 aliphatic carbocycles. The second-order valence-electron chi connectivity index (χ2n) is 5.10. The number of carbonyl (C=O) groups excluding carboxylic acids is 2. The van der Waals surface area contributed by atoms with Crippen molar-refractivity contribution in [3.05, 3.63) is 30.1 Å². The van der Waals surface area contributed by atoms with Gasteiger partial charge in [-0.05, 0) is 25.0 Å². The van der Waals surface area contributed by atoms with E-state index in [1.165, 1.54) is 31.0 Å². The number of hydrogen-bond acceptors (Lipinski definition) is 2. The first-order valence-electron chi connectivity index (χ1n) is 7.03. The molecule has 1 fully saturated rings. The Balaban J connectivity index is 1.88. The summed E-state index contributed by atoms with van der Waals surface area (Å²) in [5.41, 5.74) is 0.0218. The van der Waals surface area contributed by atoms with Crippen molar-refractivity contribution in [3.63, 3.8) is 0 Å². The first kappa shape index (κ1) is 14.5. The van der Waals surface area contributed by atoms with Crippen LogP contribution >= 0.6 is 0 Å². The molecule has 2 rings (SSSR count). The zero-order valence-corrected chi connectivity index (χ0v) is 11.3. The summed E-state index contributed by atoms with van der Waals surface area (Å²) in [4.78, 5) is 23.5. The highest BCUT2D eigenvalue weighted by Crippen LogP contribution is 2.17. The van der Waals surface area contributed by atoms with Gasteiger partial charge in [-0.15, -0.1) is 0 Å². The first-order chi connectivity index (χ1) is 9.66. The number of anilines is 1. The van der Waals surface area contributed by atoms with Gasteiger partial charge in [0.05, 0.1) is 5.69 Å². The molecule has 0 heterocycles. The van der Waals surface area contributed by atoms with Gasteiger partial charge in [0.15, 0.2) is 0 Å². The van der Waals surface area contributed by atoms with Crippen LogP contribution in [0, 0.1) is 5.82 Å². The van der Waals surface area contributed by atoms with Gasteiger partial charge >= 0.3 is 11.8 Å². The minimum Gasteiger partial charge on any atom is -0.345 e. The van der Waals surface area contributed by atoms with Gasteiger partial charge in [-0.3, -0.25) is 9.59 Å². The average molecular weight is 278 g/mol. The number of hydrogen-bond donors (Lipinski definition) is 2. The topological polar surface area (TPSA) is 58.2 Å². The van der Waals surface area contributed by atoms with Crippen molar-refractivity contribution >= 4 is 17.5 Å². The van der Waals surface area contributed by atoms with Gasteiger partial charge in [-0.1, -0.05) is 37.8 Å². The summed E-state index contributed by atoms with van der Waals surface area (Å²) in [6, 6.07) is 5.83. The van der Waals surface area contributed by atoms with Crippen LogP contribution in [0.4, 0.5) is 10.1 Å². The Hall–Kier alpha value is -1.91. The number of nitrogens with one attached hydrogen (secondary N) is 2. The van der Waals surface area contributed by atoms with E-state index in [1.54, 1.807) is 6.07 Å². The zero-order valence-electron chi connectivity index (χ0n) is 11.3. The molecule has 0 aromatic heterocycles. The van der Waals surface area contributed by atoms with Crippen molar-refractivity contribution in [3.8, 4) is 0 Å². The molecule has 20 heavy (non-hydrogen) atoms. The third kappa shape index (κ3) is 4.05. The molecule has 1 saturated carbocycles. The maximum absolute atomic E-state index is 13.4. The molecule has 0 atom stereocenters. The first-order valence-corrected chi connectivity index (χ1v) is 7.03. The lowest BCUT2D eigenvalue weighted by atomic mass is 10.1. The predicted octanol–water partition coefficient (Wildman–Crippen LogP) is 2.60. The Morgan fingerprint density at radius 3 is 2.30 bits per heavy atom. The molecule has 0 radical (unpaired) electrons. The highest BCUT2D eigenvalue weighted by molar-refractivity contribution is 6.39. The van der Waals surface area contributed by atoms with Crippen molar-refractivity contribution in [2.45, 2.75) is 44.6 Å². The smallest absolute Gasteiger partial charge is 0.313 e. The number of rotatable bonds is 2. The summed E-state index contributed by atoms with van der Waals surface area (Å²) in [7, 11) is 0. The quantitative estimate of drug-likeness (QED) is 0.645. The van der Waals surface area contributed by atoms with Crippen molar-refractivity contribution in [1.82, 2.24) is 5.32 Å². The van der Waals surface area contributed by atoms with E-state index in [2.05, 4.69) is 10.6 Å². The van der Waals surface area contributed by atoms with Gasteiger partial charge in [-0.2, -0.15) is 0 Å². The Morgan fingerprint density at radius 1 is 1.00 bits per heavy atom. The van der Waals surface area contributed by atoms with Crippen LogP contribution < -0.4 is 10.6 Å². The van der Waals surface area contributed by atoms with Crippen molar-refractivity contribution in [2.75, 3.05) is 5.32 Å². The lowest BCUT2D eigenvalue weighted by Gasteiger charge is -2.15. The molecule has 1 aromatic rings. The average Bonchev–Trinajstić information content (AvgIpc) is 2.70. The van der Waals surface area contributed by atoms with Crippen molar-refractivity contribution in [2.24, 2.45) is 0 Å². The summed E-state index contributed by atoms with van der Waals surface area (Å²) in [5.74, 6) is -2.07. The van der Waals surface area contributed by atoms with Gasteiger partial charge < -0.3 is 10.6 Å². The molecular weight excluding hydrogens is 259 g/mol.